The van der Waals surface area contributed by atoms with Crippen LogP contribution in [0, 0.1) is 0 Å². The van der Waals surface area contributed by atoms with Gasteiger partial charge in [-0.25, -0.2) is 9.80 Å². The van der Waals surface area contributed by atoms with Gasteiger partial charge in [-0.3, -0.25) is 0 Å². The van der Waals surface area contributed by atoms with E-state index < -0.39 is 12.3 Å². The van der Waals surface area contributed by atoms with Gasteiger partial charge in [-0.1, -0.05) is 0 Å². The van der Waals surface area contributed by atoms with E-state index in [2.05, 4.69) is 0 Å². The van der Waals surface area contributed by atoms with E-state index in [-0.39, 0.29) is 11.6 Å². The number of urea groups is 1. The molecule has 2 amide bonds. The van der Waals surface area contributed by atoms with E-state index >= 15 is 0 Å². The molecule has 0 unspecified atom stereocenters. The quantitative estimate of drug-likeness (QED) is 0.557. The lowest BCUT2D eigenvalue weighted by atomic mass is 10.6. The third kappa shape index (κ3) is 1.44. The normalized spacial score (nSPS) is 17.2. The van der Waals surface area contributed by atoms with E-state index in [1.165, 1.54) is 6.08 Å². The summed E-state index contributed by atoms with van der Waals surface area (Å²) in [6.45, 7) is -0.144. The molecule has 2 N–H and O–H groups in total. The number of halogens is 3. The second-order valence-corrected chi connectivity index (χ2v) is 2.12. The SMILES string of the molecule is NC(=O)N1CC=CN1C(F)(F)F. The first kappa shape index (κ1) is 8.69. The zero-order valence-corrected chi connectivity index (χ0v) is 5.88. The van der Waals surface area contributed by atoms with Crippen LogP contribution in [-0.4, -0.2) is 28.9 Å². The molecule has 0 saturated carbocycles. The topological polar surface area (TPSA) is 49.6 Å². The molecule has 0 aromatic heterocycles. The molecule has 0 radical (unpaired) electrons. The fourth-order valence-electron chi connectivity index (χ4n) is 0.833. The monoisotopic (exact) mass is 181 g/mol. The zero-order valence-electron chi connectivity index (χ0n) is 5.88. The molecule has 12 heavy (non-hydrogen) atoms. The minimum atomic E-state index is -4.60. The van der Waals surface area contributed by atoms with Crippen LogP contribution in [0.4, 0.5) is 18.0 Å². The number of nitrogens with two attached hydrogens (primary N) is 1. The molecule has 0 aromatic carbocycles. The number of amides is 2. The lowest BCUT2D eigenvalue weighted by Crippen LogP contribution is -2.49. The largest absolute Gasteiger partial charge is 0.503 e. The Morgan fingerprint density at radius 1 is 1.50 bits per heavy atom. The number of carbonyl (C=O) groups is 1. The van der Waals surface area contributed by atoms with Crippen molar-refractivity contribution in [1.82, 2.24) is 10.0 Å². The Bertz CT molecular complexity index is 224. The number of alkyl halides is 3. The highest BCUT2D eigenvalue weighted by Crippen LogP contribution is 2.26. The standard InChI is InChI=1S/C5H6F3N3O/c6-5(7,8)11-3-1-2-10(11)4(9)12/h1,3H,2H2,(H2,9,12). The summed E-state index contributed by atoms with van der Waals surface area (Å²) >= 11 is 0. The Labute approximate surface area is 66.0 Å². The number of primary amides is 1. The first-order chi connectivity index (χ1) is 5.43. The molecular formula is C5H6F3N3O. The van der Waals surface area contributed by atoms with Gasteiger partial charge in [0.1, 0.15) is 0 Å². The van der Waals surface area contributed by atoms with Crippen molar-refractivity contribution in [2.45, 2.75) is 6.30 Å². The highest BCUT2D eigenvalue weighted by molar-refractivity contribution is 5.72. The maximum absolute atomic E-state index is 12.0. The maximum Gasteiger partial charge on any atom is 0.503 e. The molecule has 1 rings (SSSR count). The molecule has 0 fully saturated rings. The summed E-state index contributed by atoms with van der Waals surface area (Å²) in [4.78, 5) is 10.4. The second kappa shape index (κ2) is 2.58. The van der Waals surface area contributed by atoms with Crippen molar-refractivity contribution >= 4 is 6.03 Å². The summed E-state index contributed by atoms with van der Waals surface area (Å²) < 4.78 is 36.0. The van der Waals surface area contributed by atoms with Crippen molar-refractivity contribution in [3.63, 3.8) is 0 Å². The number of hydrazine groups is 1. The van der Waals surface area contributed by atoms with Crippen molar-refractivity contribution in [1.29, 1.82) is 0 Å². The third-order valence-corrected chi connectivity index (χ3v) is 1.30. The highest BCUT2D eigenvalue weighted by atomic mass is 19.4. The predicted molar refractivity (Wildman–Crippen MR) is 33.3 cm³/mol. The predicted octanol–water partition coefficient (Wildman–Crippen LogP) is 0.631. The minimum Gasteiger partial charge on any atom is -0.350 e. The Hall–Kier alpha value is -1.40. The van der Waals surface area contributed by atoms with Gasteiger partial charge in [0.25, 0.3) is 0 Å². The number of hydrogen-bond donors (Lipinski definition) is 1. The van der Waals surface area contributed by atoms with E-state index in [0.29, 0.717) is 5.01 Å². The van der Waals surface area contributed by atoms with E-state index in [4.69, 9.17) is 5.73 Å². The molecule has 1 heterocycles. The number of carbonyl (C=O) groups excluding carboxylic acids is 1. The summed E-state index contributed by atoms with van der Waals surface area (Å²) in [7, 11) is 0. The zero-order chi connectivity index (χ0) is 9.35. The minimum absolute atomic E-state index is 0.144. The molecule has 0 bridgehead atoms. The van der Waals surface area contributed by atoms with Crippen LogP contribution in [0.5, 0.6) is 0 Å². The third-order valence-electron chi connectivity index (χ3n) is 1.30. The summed E-state index contributed by atoms with van der Waals surface area (Å²) in [5, 5.41) is 0.231. The van der Waals surface area contributed by atoms with Crippen LogP contribution < -0.4 is 5.73 Å². The molecule has 0 spiro atoms. The van der Waals surface area contributed by atoms with Gasteiger partial charge in [-0.15, -0.1) is 13.2 Å². The van der Waals surface area contributed by atoms with Crippen molar-refractivity contribution in [2.75, 3.05) is 6.54 Å². The van der Waals surface area contributed by atoms with Crippen LogP contribution in [-0.2, 0) is 0 Å². The van der Waals surface area contributed by atoms with Crippen molar-refractivity contribution < 1.29 is 18.0 Å². The van der Waals surface area contributed by atoms with Crippen LogP contribution in [0.3, 0.4) is 0 Å². The summed E-state index contributed by atoms with van der Waals surface area (Å²) in [5.41, 5.74) is 4.69. The van der Waals surface area contributed by atoms with Crippen LogP contribution in [0.25, 0.3) is 0 Å². The van der Waals surface area contributed by atoms with Gasteiger partial charge >= 0.3 is 12.3 Å². The fourth-order valence-corrected chi connectivity index (χ4v) is 0.833. The summed E-state index contributed by atoms with van der Waals surface area (Å²) in [6, 6.07) is -1.13. The molecule has 68 valence electrons. The van der Waals surface area contributed by atoms with Gasteiger partial charge in [0.05, 0.1) is 6.54 Å². The number of rotatable bonds is 0. The molecule has 0 saturated heterocycles. The molecule has 0 aromatic rings. The molecule has 4 nitrogen and oxygen atoms in total. The van der Waals surface area contributed by atoms with Gasteiger partial charge < -0.3 is 5.73 Å². The number of hydrogen-bond acceptors (Lipinski definition) is 2. The van der Waals surface area contributed by atoms with E-state index in [1.54, 1.807) is 0 Å². The first-order valence-corrected chi connectivity index (χ1v) is 3.02. The first-order valence-electron chi connectivity index (χ1n) is 3.02. The Kier molecular flexibility index (Phi) is 1.87. The highest BCUT2D eigenvalue weighted by Gasteiger charge is 2.42. The Morgan fingerprint density at radius 3 is 2.42 bits per heavy atom. The summed E-state index contributed by atoms with van der Waals surface area (Å²) in [6.07, 6.45) is -2.65. The lowest BCUT2D eigenvalue weighted by molar-refractivity contribution is -0.272. The van der Waals surface area contributed by atoms with Crippen molar-refractivity contribution in [3.8, 4) is 0 Å². The smallest absolute Gasteiger partial charge is 0.350 e. The molecule has 0 atom stereocenters. The van der Waals surface area contributed by atoms with Gasteiger partial charge in [0, 0.05) is 6.20 Å². The van der Waals surface area contributed by atoms with Crippen LogP contribution in [0.15, 0.2) is 12.3 Å². The molecule has 1 aliphatic heterocycles. The van der Waals surface area contributed by atoms with Crippen molar-refractivity contribution in [3.05, 3.63) is 12.3 Å². The van der Waals surface area contributed by atoms with E-state index in [0.717, 1.165) is 6.20 Å². The van der Waals surface area contributed by atoms with Gasteiger partial charge in [0.2, 0.25) is 0 Å². The van der Waals surface area contributed by atoms with Gasteiger partial charge in [-0.2, -0.15) is 5.01 Å². The molecule has 0 aliphatic carbocycles. The lowest BCUT2D eigenvalue weighted by Gasteiger charge is -2.28. The van der Waals surface area contributed by atoms with E-state index in [1.807, 2.05) is 0 Å². The Balaban J connectivity index is 2.76. The van der Waals surface area contributed by atoms with E-state index in [9.17, 15) is 18.0 Å². The second-order valence-electron chi connectivity index (χ2n) is 2.12. The Morgan fingerprint density at radius 2 is 2.08 bits per heavy atom. The number of nitrogens with zero attached hydrogens (tertiary/aromatic N) is 2. The van der Waals surface area contributed by atoms with Gasteiger partial charge in [-0.05, 0) is 6.08 Å². The maximum atomic E-state index is 12.0. The van der Waals surface area contributed by atoms with Crippen LogP contribution in [0.2, 0.25) is 0 Å². The average Bonchev–Trinajstić information content (AvgIpc) is 2.30. The summed E-state index contributed by atoms with van der Waals surface area (Å²) in [5.74, 6) is 0. The van der Waals surface area contributed by atoms with Crippen LogP contribution in [0.1, 0.15) is 0 Å². The van der Waals surface area contributed by atoms with Crippen LogP contribution >= 0.6 is 0 Å². The fraction of sp³-hybridized carbons (Fsp3) is 0.400. The average molecular weight is 181 g/mol. The molecule has 7 heteroatoms. The van der Waals surface area contributed by atoms with Crippen molar-refractivity contribution in [2.24, 2.45) is 5.73 Å². The van der Waals surface area contributed by atoms with Gasteiger partial charge in [0.15, 0.2) is 0 Å². The molecular weight excluding hydrogens is 175 g/mol. The molecule has 1 aliphatic rings.